The summed E-state index contributed by atoms with van der Waals surface area (Å²) >= 11 is 7.04. The van der Waals surface area contributed by atoms with Gasteiger partial charge in [-0.05, 0) is 55.0 Å². The minimum atomic E-state index is -3.09. The molecule has 0 N–H and O–H groups in total. The lowest BCUT2D eigenvalue weighted by Crippen LogP contribution is -2.38. The smallest absolute Gasteiger partial charge is 0.262 e. The van der Waals surface area contributed by atoms with E-state index in [-0.39, 0.29) is 28.7 Å². The summed E-state index contributed by atoms with van der Waals surface area (Å²) < 4.78 is 24.5. The van der Waals surface area contributed by atoms with Crippen LogP contribution < -0.4 is 9.80 Å². The van der Waals surface area contributed by atoms with Gasteiger partial charge in [0.25, 0.3) is 5.91 Å². The van der Waals surface area contributed by atoms with E-state index in [1.165, 1.54) is 35.9 Å². The maximum Gasteiger partial charge on any atom is 0.262 e. The van der Waals surface area contributed by atoms with Gasteiger partial charge in [-0.2, -0.15) is 4.99 Å². The third-order valence-corrected chi connectivity index (χ3v) is 10.3. The number of rotatable bonds is 5. The van der Waals surface area contributed by atoms with Crippen LogP contribution in [0.3, 0.4) is 0 Å². The van der Waals surface area contributed by atoms with Crippen LogP contribution in [-0.2, 0) is 21.1 Å². The van der Waals surface area contributed by atoms with E-state index in [0.29, 0.717) is 11.1 Å². The number of hydrogen-bond donors (Lipinski definition) is 0. The summed E-state index contributed by atoms with van der Waals surface area (Å²) in [6.07, 6.45) is 3.46. The Hall–Kier alpha value is -2.03. The number of carbonyl (C=O) groups is 1. The van der Waals surface area contributed by atoms with Gasteiger partial charge in [0.1, 0.15) is 5.88 Å². The summed E-state index contributed by atoms with van der Waals surface area (Å²) in [4.78, 5) is 20.4. The van der Waals surface area contributed by atoms with Crippen molar-refractivity contribution < 1.29 is 13.2 Å². The molecule has 2 aromatic rings. The van der Waals surface area contributed by atoms with Gasteiger partial charge < -0.3 is 9.80 Å². The molecular weight excluding hydrogens is 490 g/mol. The van der Waals surface area contributed by atoms with E-state index >= 15 is 0 Å². The van der Waals surface area contributed by atoms with Crippen LogP contribution in [0.1, 0.15) is 18.4 Å². The van der Waals surface area contributed by atoms with Crippen molar-refractivity contribution in [2.45, 2.75) is 30.6 Å². The Balaban J connectivity index is 1.28. The van der Waals surface area contributed by atoms with Gasteiger partial charge in [-0.1, -0.05) is 42.1 Å². The summed E-state index contributed by atoms with van der Waals surface area (Å²) in [6, 6.07) is 18.7. The highest BCUT2D eigenvalue weighted by Crippen LogP contribution is 2.41. The predicted octanol–water partition coefficient (Wildman–Crippen LogP) is 3.99. The Bertz CT molecular complexity index is 1160. The number of amides is 1. The Morgan fingerprint density at radius 1 is 1.00 bits per heavy atom. The number of aliphatic imine (C=N–C) groups is 1. The SMILES string of the molecule is O=C(CCl)N=C1SC2CS(=O)(=O)CC2N1c1ccc(N2CCC(Cc3ccccc3)CC2)cc1. The minimum absolute atomic E-state index is 0.0788. The molecule has 0 aromatic heterocycles. The van der Waals surface area contributed by atoms with Crippen LogP contribution in [0.4, 0.5) is 11.4 Å². The average Bonchev–Trinajstić information content (AvgIpc) is 3.31. The highest BCUT2D eigenvalue weighted by atomic mass is 35.5. The maximum absolute atomic E-state index is 12.2. The molecule has 0 radical (unpaired) electrons. The quantitative estimate of drug-likeness (QED) is 0.559. The number of halogens is 1. The van der Waals surface area contributed by atoms with E-state index in [2.05, 4.69) is 52.4 Å². The molecule has 0 aliphatic carbocycles. The number of nitrogens with zero attached hydrogens (tertiary/aromatic N) is 3. The first-order valence-electron chi connectivity index (χ1n) is 11.6. The maximum atomic E-state index is 12.2. The minimum Gasteiger partial charge on any atom is -0.372 e. The van der Waals surface area contributed by atoms with Crippen LogP contribution in [0, 0.1) is 5.92 Å². The molecular formula is C25H28ClN3O3S2. The van der Waals surface area contributed by atoms with Crippen molar-refractivity contribution in [3.05, 3.63) is 60.2 Å². The molecule has 2 aromatic carbocycles. The number of thioether (sulfide) groups is 1. The van der Waals surface area contributed by atoms with E-state index in [1.807, 2.05) is 17.0 Å². The second-order valence-corrected chi connectivity index (χ2v) is 12.9. The summed E-state index contributed by atoms with van der Waals surface area (Å²) in [5.74, 6) is 0.300. The molecule has 0 bridgehead atoms. The zero-order valence-corrected chi connectivity index (χ0v) is 21.2. The molecule has 6 nitrogen and oxygen atoms in total. The fraction of sp³-hybridized carbons (Fsp3) is 0.440. The van der Waals surface area contributed by atoms with Gasteiger partial charge in [-0.25, -0.2) is 8.42 Å². The Labute approximate surface area is 210 Å². The van der Waals surface area contributed by atoms with Gasteiger partial charge in [0.15, 0.2) is 15.0 Å². The summed E-state index contributed by atoms with van der Waals surface area (Å²) in [6.45, 7) is 2.05. The number of sulfone groups is 1. The summed E-state index contributed by atoms with van der Waals surface area (Å²) in [5.41, 5.74) is 3.44. The molecule has 34 heavy (non-hydrogen) atoms. The van der Waals surface area contributed by atoms with Crippen molar-refractivity contribution in [1.29, 1.82) is 0 Å². The average molecular weight is 518 g/mol. The number of anilines is 2. The summed E-state index contributed by atoms with van der Waals surface area (Å²) in [5, 5.41) is 0.431. The van der Waals surface area contributed by atoms with E-state index in [1.54, 1.807) is 0 Å². The normalized spacial score (nSPS) is 25.6. The fourth-order valence-corrected chi connectivity index (χ4v) is 9.16. The molecule has 3 fully saturated rings. The highest BCUT2D eigenvalue weighted by Gasteiger charge is 2.49. The van der Waals surface area contributed by atoms with Crippen molar-refractivity contribution in [1.82, 2.24) is 0 Å². The molecule has 180 valence electrons. The zero-order chi connectivity index (χ0) is 23.7. The molecule has 2 atom stereocenters. The van der Waals surface area contributed by atoms with Crippen LogP contribution >= 0.6 is 23.4 Å². The van der Waals surface area contributed by atoms with Crippen LogP contribution in [0.25, 0.3) is 0 Å². The van der Waals surface area contributed by atoms with Crippen molar-refractivity contribution in [3.63, 3.8) is 0 Å². The molecule has 3 aliphatic heterocycles. The van der Waals surface area contributed by atoms with Crippen molar-refractivity contribution in [2.24, 2.45) is 10.9 Å². The van der Waals surface area contributed by atoms with E-state index in [9.17, 15) is 13.2 Å². The predicted molar refractivity (Wildman–Crippen MR) is 141 cm³/mol. The largest absolute Gasteiger partial charge is 0.372 e. The van der Waals surface area contributed by atoms with Crippen LogP contribution in [0.5, 0.6) is 0 Å². The molecule has 0 saturated carbocycles. The molecule has 5 rings (SSSR count). The molecule has 9 heteroatoms. The van der Waals surface area contributed by atoms with Crippen LogP contribution in [-0.4, -0.2) is 61.3 Å². The van der Waals surface area contributed by atoms with Crippen molar-refractivity contribution in [3.8, 4) is 0 Å². The van der Waals surface area contributed by atoms with Gasteiger partial charge in [0.05, 0.1) is 17.5 Å². The molecule has 3 heterocycles. The van der Waals surface area contributed by atoms with Gasteiger partial charge in [0.2, 0.25) is 0 Å². The molecule has 3 saturated heterocycles. The van der Waals surface area contributed by atoms with Crippen molar-refractivity contribution in [2.75, 3.05) is 40.3 Å². The van der Waals surface area contributed by atoms with Crippen LogP contribution in [0.15, 0.2) is 59.6 Å². The van der Waals surface area contributed by atoms with E-state index < -0.39 is 15.7 Å². The fourth-order valence-electron chi connectivity index (χ4n) is 5.17. The Morgan fingerprint density at radius 3 is 2.35 bits per heavy atom. The molecule has 0 spiro atoms. The van der Waals surface area contributed by atoms with Gasteiger partial charge in [-0.15, -0.1) is 11.6 Å². The lowest BCUT2D eigenvalue weighted by Gasteiger charge is -2.34. The van der Waals surface area contributed by atoms with Crippen LogP contribution in [0.2, 0.25) is 0 Å². The number of amidine groups is 1. The number of carbonyl (C=O) groups excluding carboxylic acids is 1. The Morgan fingerprint density at radius 2 is 1.68 bits per heavy atom. The third kappa shape index (κ3) is 5.14. The first-order valence-corrected chi connectivity index (χ1v) is 14.9. The summed E-state index contributed by atoms with van der Waals surface area (Å²) in [7, 11) is -3.09. The highest BCUT2D eigenvalue weighted by molar-refractivity contribution is 8.16. The monoisotopic (exact) mass is 517 g/mol. The van der Waals surface area contributed by atoms with Gasteiger partial charge in [-0.3, -0.25) is 4.79 Å². The van der Waals surface area contributed by atoms with Crippen molar-refractivity contribution >= 4 is 55.6 Å². The van der Waals surface area contributed by atoms with Gasteiger partial charge >= 0.3 is 0 Å². The first-order chi connectivity index (χ1) is 16.4. The lowest BCUT2D eigenvalue weighted by molar-refractivity contribution is -0.115. The number of piperidine rings is 1. The standard InChI is InChI=1S/C25H28ClN3O3S2/c26-15-24(30)27-25-29(22-16-34(31,32)17-23(22)33-25)21-8-6-20(7-9-21)28-12-10-19(11-13-28)14-18-4-2-1-3-5-18/h1-9,19,22-23H,10-17H2. The number of alkyl halides is 1. The lowest BCUT2D eigenvalue weighted by atomic mass is 9.90. The second kappa shape index (κ2) is 9.91. The van der Waals surface area contributed by atoms with E-state index in [0.717, 1.165) is 25.2 Å². The van der Waals surface area contributed by atoms with E-state index in [4.69, 9.17) is 11.6 Å². The topological polar surface area (TPSA) is 70.0 Å². The third-order valence-electron chi connectivity index (χ3n) is 6.88. The molecule has 1 amide bonds. The number of fused-ring (bicyclic) bond motifs is 1. The second-order valence-electron chi connectivity index (χ2n) is 9.23. The number of benzene rings is 2. The Kier molecular flexibility index (Phi) is 6.91. The van der Waals surface area contributed by atoms with Gasteiger partial charge in [0, 0.05) is 29.7 Å². The first kappa shape index (κ1) is 23.7. The number of hydrogen-bond acceptors (Lipinski definition) is 5. The zero-order valence-electron chi connectivity index (χ0n) is 18.8. The molecule has 2 unspecified atom stereocenters. The molecule has 3 aliphatic rings.